The normalized spacial score (nSPS) is 23.0. The summed E-state index contributed by atoms with van der Waals surface area (Å²) in [5, 5.41) is 0. The maximum Gasteiger partial charge on any atom is 0.135 e. The molecule has 0 aliphatic carbocycles. The molecule has 2 aliphatic rings. The van der Waals surface area contributed by atoms with Crippen molar-refractivity contribution in [1.29, 1.82) is 0 Å². The Morgan fingerprint density at radius 3 is 2.61 bits per heavy atom. The van der Waals surface area contributed by atoms with Gasteiger partial charge in [0.2, 0.25) is 0 Å². The first-order chi connectivity index (χ1) is 11.2. The second-order valence-electron chi connectivity index (χ2n) is 5.91. The minimum atomic E-state index is -1.21. The smallest absolute Gasteiger partial charge is 0.135 e. The van der Waals surface area contributed by atoms with Crippen molar-refractivity contribution < 1.29 is 13.7 Å². The Labute approximate surface area is 140 Å². The molecular weight excluding hydrogens is 312 g/mol. The first-order valence-corrected chi connectivity index (χ1v) is 9.10. The van der Waals surface area contributed by atoms with Gasteiger partial charge in [-0.1, -0.05) is 6.08 Å². The molecule has 1 atom stereocenters. The third kappa shape index (κ3) is 3.35. The van der Waals surface area contributed by atoms with E-state index in [1.807, 2.05) is 34.6 Å². The number of rotatable bonds is 5. The average Bonchev–Trinajstić information content (AvgIpc) is 3.00. The number of likely N-dealkylation sites (tertiary alicyclic amines) is 1. The van der Waals surface area contributed by atoms with Crippen LogP contribution < -0.4 is 4.74 Å². The lowest BCUT2D eigenvalue weighted by molar-refractivity contribution is -0.0877. The minimum Gasteiger partial charge on any atom is -0.497 e. The predicted molar refractivity (Wildman–Crippen MR) is 90.7 cm³/mol. The van der Waals surface area contributed by atoms with Gasteiger partial charge in [0.05, 0.1) is 18.6 Å². The Morgan fingerprint density at radius 2 is 2.00 bits per heavy atom. The average molecular weight is 336 g/mol. The zero-order valence-corrected chi connectivity index (χ0v) is 14.4. The van der Waals surface area contributed by atoms with E-state index in [0.29, 0.717) is 13.2 Å². The number of nitrogens with zero attached hydrogens (tertiary/aromatic N) is 2. The zero-order valence-electron chi connectivity index (χ0n) is 13.6. The molecule has 1 spiro atoms. The molecule has 23 heavy (non-hydrogen) atoms. The highest BCUT2D eigenvalue weighted by Crippen LogP contribution is 2.36. The van der Waals surface area contributed by atoms with Gasteiger partial charge in [0.1, 0.15) is 22.5 Å². The number of hydrogen-bond donors (Lipinski definition) is 0. The summed E-state index contributed by atoms with van der Waals surface area (Å²) in [7, 11) is 0.425. The van der Waals surface area contributed by atoms with Gasteiger partial charge in [-0.3, -0.25) is 4.90 Å². The van der Waals surface area contributed by atoms with Crippen molar-refractivity contribution in [3.05, 3.63) is 36.9 Å². The van der Waals surface area contributed by atoms with Crippen molar-refractivity contribution in [2.45, 2.75) is 23.5 Å². The van der Waals surface area contributed by atoms with Crippen LogP contribution >= 0.6 is 0 Å². The Bertz CT molecular complexity index is 568. The Balaban J connectivity index is 1.73. The highest BCUT2D eigenvalue weighted by Gasteiger charge is 2.47. The molecule has 6 heteroatoms. The third-order valence-electron chi connectivity index (χ3n) is 4.61. The zero-order chi connectivity index (χ0) is 16.3. The van der Waals surface area contributed by atoms with Crippen molar-refractivity contribution in [2.75, 3.05) is 39.9 Å². The van der Waals surface area contributed by atoms with E-state index in [0.717, 1.165) is 43.1 Å². The summed E-state index contributed by atoms with van der Waals surface area (Å²) < 4.78 is 26.3. The molecule has 2 saturated heterocycles. The number of methoxy groups -OCH3 is 1. The third-order valence-corrected chi connectivity index (χ3v) is 6.20. The van der Waals surface area contributed by atoms with Crippen LogP contribution in [0.5, 0.6) is 5.75 Å². The van der Waals surface area contributed by atoms with E-state index < -0.39 is 11.0 Å². The van der Waals surface area contributed by atoms with Crippen LogP contribution in [-0.4, -0.2) is 59.0 Å². The van der Waals surface area contributed by atoms with E-state index in [2.05, 4.69) is 11.5 Å². The first-order valence-electron chi connectivity index (χ1n) is 7.99. The number of benzene rings is 1. The van der Waals surface area contributed by atoms with E-state index in [4.69, 9.17) is 9.47 Å². The van der Waals surface area contributed by atoms with Gasteiger partial charge in [0, 0.05) is 39.0 Å². The van der Waals surface area contributed by atoms with E-state index >= 15 is 0 Å². The summed E-state index contributed by atoms with van der Waals surface area (Å²) in [5.74, 6) is 0.774. The fourth-order valence-electron chi connectivity index (χ4n) is 3.31. The van der Waals surface area contributed by atoms with Crippen molar-refractivity contribution in [2.24, 2.45) is 0 Å². The van der Waals surface area contributed by atoms with Crippen LogP contribution in [0.2, 0.25) is 0 Å². The highest BCUT2D eigenvalue weighted by atomic mass is 32.2. The minimum absolute atomic E-state index is 0.386. The second-order valence-corrected chi connectivity index (χ2v) is 7.32. The summed E-state index contributed by atoms with van der Waals surface area (Å²) in [5.41, 5.74) is -0.386. The number of hydrogen-bond acceptors (Lipinski definition) is 4. The van der Waals surface area contributed by atoms with Gasteiger partial charge in [-0.2, -0.15) is 4.31 Å². The van der Waals surface area contributed by atoms with E-state index in [9.17, 15) is 4.21 Å². The monoisotopic (exact) mass is 336 g/mol. The fourth-order valence-corrected chi connectivity index (χ4v) is 4.71. The molecule has 0 amide bonds. The van der Waals surface area contributed by atoms with Gasteiger partial charge in [-0.05, 0) is 24.3 Å². The van der Waals surface area contributed by atoms with E-state index in [1.165, 1.54) is 0 Å². The van der Waals surface area contributed by atoms with Crippen LogP contribution in [0.1, 0.15) is 12.8 Å². The molecule has 5 nitrogen and oxygen atoms in total. The molecule has 1 aromatic rings. The first kappa shape index (κ1) is 16.6. The molecule has 3 rings (SSSR count). The SMILES string of the molecule is C=CCN1CCC2(CC1)OCCN2S(=O)c1ccc(OC)cc1. The lowest BCUT2D eigenvalue weighted by atomic mass is 10.0. The number of ether oxygens (including phenoxy) is 2. The lowest BCUT2D eigenvalue weighted by Crippen LogP contribution is -2.53. The largest absolute Gasteiger partial charge is 0.497 e. The molecule has 2 aliphatic heterocycles. The van der Waals surface area contributed by atoms with Crippen molar-refractivity contribution in [3.8, 4) is 5.75 Å². The van der Waals surface area contributed by atoms with Crippen LogP contribution in [0.3, 0.4) is 0 Å². The Hall–Kier alpha value is -1.21. The van der Waals surface area contributed by atoms with Gasteiger partial charge in [-0.15, -0.1) is 6.58 Å². The molecule has 1 unspecified atom stereocenters. The molecule has 0 bridgehead atoms. The molecule has 0 N–H and O–H groups in total. The van der Waals surface area contributed by atoms with Crippen LogP contribution in [0, 0.1) is 0 Å². The molecule has 0 radical (unpaired) electrons. The fraction of sp³-hybridized carbons (Fsp3) is 0.529. The summed E-state index contributed by atoms with van der Waals surface area (Å²) >= 11 is 0. The summed E-state index contributed by atoms with van der Waals surface area (Å²) in [6.45, 7) is 7.94. The van der Waals surface area contributed by atoms with Gasteiger partial charge in [-0.25, -0.2) is 4.21 Å². The van der Waals surface area contributed by atoms with Crippen LogP contribution in [-0.2, 0) is 15.7 Å². The molecular formula is C17H24N2O3S. The number of piperidine rings is 1. The molecule has 2 heterocycles. The molecule has 2 fully saturated rings. The molecule has 0 aromatic heterocycles. The van der Waals surface area contributed by atoms with E-state index in [1.54, 1.807) is 7.11 Å². The van der Waals surface area contributed by atoms with Crippen LogP contribution in [0.15, 0.2) is 41.8 Å². The van der Waals surface area contributed by atoms with Gasteiger partial charge in [0.25, 0.3) is 0 Å². The van der Waals surface area contributed by atoms with Gasteiger partial charge in [0.15, 0.2) is 0 Å². The topological polar surface area (TPSA) is 42.0 Å². The molecule has 0 saturated carbocycles. The quantitative estimate of drug-likeness (QED) is 0.772. The van der Waals surface area contributed by atoms with Gasteiger partial charge < -0.3 is 9.47 Å². The van der Waals surface area contributed by atoms with Crippen LogP contribution in [0.4, 0.5) is 0 Å². The van der Waals surface area contributed by atoms with Crippen molar-refractivity contribution >= 4 is 11.0 Å². The van der Waals surface area contributed by atoms with Crippen molar-refractivity contribution in [1.82, 2.24) is 9.21 Å². The van der Waals surface area contributed by atoms with Crippen LogP contribution in [0.25, 0.3) is 0 Å². The predicted octanol–water partition coefficient (Wildman–Crippen LogP) is 2.03. The van der Waals surface area contributed by atoms with Gasteiger partial charge >= 0.3 is 0 Å². The Morgan fingerprint density at radius 1 is 1.30 bits per heavy atom. The van der Waals surface area contributed by atoms with E-state index in [-0.39, 0.29) is 5.72 Å². The Kier molecular flexibility index (Phi) is 5.16. The summed E-state index contributed by atoms with van der Waals surface area (Å²) in [4.78, 5) is 3.15. The second kappa shape index (κ2) is 7.13. The highest BCUT2D eigenvalue weighted by molar-refractivity contribution is 7.82. The summed E-state index contributed by atoms with van der Waals surface area (Å²) in [6, 6.07) is 7.44. The van der Waals surface area contributed by atoms with Crippen molar-refractivity contribution in [3.63, 3.8) is 0 Å². The standard InChI is InChI=1S/C17H24N2O3S/c1-3-10-18-11-8-17(9-12-18)19(13-14-22-17)23(20)16-6-4-15(21-2)5-7-16/h3-7H,1,8-14H2,2H3. The molecule has 126 valence electrons. The molecule has 1 aromatic carbocycles. The maximum atomic E-state index is 13.0. The maximum absolute atomic E-state index is 13.0. The summed E-state index contributed by atoms with van der Waals surface area (Å²) in [6.07, 6.45) is 3.69. The lowest BCUT2D eigenvalue weighted by Gasteiger charge is -2.42.